The molecule has 1 aliphatic rings. The van der Waals surface area contributed by atoms with Crippen molar-refractivity contribution >= 4 is 5.91 Å². The molecule has 98 valence electrons. The Kier molecular flexibility index (Phi) is 3.76. The summed E-state index contributed by atoms with van der Waals surface area (Å²) in [5, 5.41) is 0. The van der Waals surface area contributed by atoms with E-state index in [2.05, 4.69) is 9.97 Å². The number of aromatic amines is 1. The SMILES string of the molecule is Cc1cc(=O)[nH]c(C2CCCCN2CC(N)=O)n1. The number of carbonyl (C=O) groups is 1. The van der Waals surface area contributed by atoms with Crippen LogP contribution in [0.25, 0.3) is 0 Å². The quantitative estimate of drug-likeness (QED) is 0.795. The van der Waals surface area contributed by atoms with Gasteiger partial charge >= 0.3 is 0 Å². The minimum absolute atomic E-state index is 0.0150. The number of primary amides is 1. The van der Waals surface area contributed by atoms with Gasteiger partial charge in [0.1, 0.15) is 5.82 Å². The molecule has 1 fully saturated rings. The average molecular weight is 250 g/mol. The van der Waals surface area contributed by atoms with Crippen molar-refractivity contribution in [2.45, 2.75) is 32.2 Å². The van der Waals surface area contributed by atoms with Gasteiger partial charge in [-0.05, 0) is 26.3 Å². The molecule has 2 heterocycles. The highest BCUT2D eigenvalue weighted by molar-refractivity contribution is 5.76. The van der Waals surface area contributed by atoms with Gasteiger partial charge in [-0.1, -0.05) is 6.42 Å². The van der Waals surface area contributed by atoms with Crippen molar-refractivity contribution in [2.24, 2.45) is 5.73 Å². The molecule has 1 amide bonds. The van der Waals surface area contributed by atoms with Gasteiger partial charge in [0, 0.05) is 11.8 Å². The fourth-order valence-electron chi connectivity index (χ4n) is 2.45. The number of aromatic nitrogens is 2. The molecule has 3 N–H and O–H groups in total. The van der Waals surface area contributed by atoms with E-state index in [1.165, 1.54) is 6.07 Å². The third-order valence-electron chi connectivity index (χ3n) is 3.18. The molecule has 6 nitrogen and oxygen atoms in total. The van der Waals surface area contributed by atoms with Gasteiger partial charge in [-0.2, -0.15) is 0 Å². The molecule has 2 rings (SSSR count). The van der Waals surface area contributed by atoms with Crippen molar-refractivity contribution in [3.63, 3.8) is 0 Å². The molecular weight excluding hydrogens is 232 g/mol. The molecule has 0 bridgehead atoms. The van der Waals surface area contributed by atoms with Gasteiger partial charge in [-0.25, -0.2) is 4.98 Å². The lowest BCUT2D eigenvalue weighted by Crippen LogP contribution is -2.40. The Morgan fingerprint density at radius 1 is 1.61 bits per heavy atom. The number of nitrogens with two attached hydrogens (primary N) is 1. The summed E-state index contributed by atoms with van der Waals surface area (Å²) < 4.78 is 0. The van der Waals surface area contributed by atoms with Crippen LogP contribution in [0, 0.1) is 6.92 Å². The number of hydrogen-bond acceptors (Lipinski definition) is 4. The number of hydrogen-bond donors (Lipinski definition) is 2. The van der Waals surface area contributed by atoms with Crippen molar-refractivity contribution in [2.75, 3.05) is 13.1 Å². The van der Waals surface area contributed by atoms with Crippen molar-refractivity contribution in [3.05, 3.63) is 27.9 Å². The Hall–Kier alpha value is -1.69. The molecule has 0 radical (unpaired) electrons. The standard InChI is InChI=1S/C12H18N4O2/c1-8-6-11(18)15-12(14-8)9-4-2-3-5-16(9)7-10(13)17/h6,9H,2-5,7H2,1H3,(H2,13,17)(H,14,15,18). The van der Waals surface area contributed by atoms with E-state index in [4.69, 9.17) is 5.73 Å². The molecule has 0 aromatic carbocycles. The van der Waals surface area contributed by atoms with Gasteiger partial charge in [0.25, 0.3) is 5.56 Å². The van der Waals surface area contributed by atoms with E-state index in [-0.39, 0.29) is 24.1 Å². The number of nitrogens with zero attached hydrogens (tertiary/aromatic N) is 2. The van der Waals surface area contributed by atoms with Gasteiger partial charge in [0.2, 0.25) is 5.91 Å². The Bertz CT molecular complexity index is 497. The van der Waals surface area contributed by atoms with E-state index in [1.807, 2.05) is 4.90 Å². The monoisotopic (exact) mass is 250 g/mol. The smallest absolute Gasteiger partial charge is 0.251 e. The third-order valence-corrected chi connectivity index (χ3v) is 3.18. The summed E-state index contributed by atoms with van der Waals surface area (Å²) in [7, 11) is 0. The first-order valence-electron chi connectivity index (χ1n) is 6.16. The summed E-state index contributed by atoms with van der Waals surface area (Å²) in [4.78, 5) is 31.7. The zero-order chi connectivity index (χ0) is 13.1. The maximum atomic E-state index is 11.5. The number of likely N-dealkylation sites (tertiary alicyclic amines) is 1. The number of carbonyl (C=O) groups excluding carboxylic acids is 1. The van der Waals surface area contributed by atoms with Crippen molar-refractivity contribution < 1.29 is 4.79 Å². The van der Waals surface area contributed by atoms with E-state index in [1.54, 1.807) is 6.92 Å². The molecule has 1 aromatic heterocycles. The van der Waals surface area contributed by atoms with Crippen LogP contribution >= 0.6 is 0 Å². The topological polar surface area (TPSA) is 92.1 Å². The van der Waals surface area contributed by atoms with E-state index >= 15 is 0 Å². The number of rotatable bonds is 3. The van der Waals surface area contributed by atoms with Crippen LogP contribution in [-0.2, 0) is 4.79 Å². The van der Waals surface area contributed by atoms with Crippen molar-refractivity contribution in [1.82, 2.24) is 14.9 Å². The van der Waals surface area contributed by atoms with Crippen LogP contribution in [-0.4, -0.2) is 33.9 Å². The molecule has 1 aliphatic heterocycles. The third kappa shape index (κ3) is 2.95. The molecule has 18 heavy (non-hydrogen) atoms. The van der Waals surface area contributed by atoms with Gasteiger partial charge in [-0.3, -0.25) is 14.5 Å². The van der Waals surface area contributed by atoms with E-state index in [9.17, 15) is 9.59 Å². The lowest BCUT2D eigenvalue weighted by Gasteiger charge is -2.33. The zero-order valence-electron chi connectivity index (χ0n) is 10.5. The molecule has 1 saturated heterocycles. The Morgan fingerprint density at radius 3 is 3.06 bits per heavy atom. The number of amides is 1. The first-order valence-corrected chi connectivity index (χ1v) is 6.16. The predicted molar refractivity (Wildman–Crippen MR) is 67.0 cm³/mol. The molecule has 0 saturated carbocycles. The Morgan fingerprint density at radius 2 is 2.39 bits per heavy atom. The van der Waals surface area contributed by atoms with E-state index < -0.39 is 0 Å². The van der Waals surface area contributed by atoms with E-state index in [0.717, 1.165) is 25.8 Å². The van der Waals surface area contributed by atoms with Crippen molar-refractivity contribution in [3.8, 4) is 0 Å². The largest absolute Gasteiger partial charge is 0.369 e. The highest BCUT2D eigenvalue weighted by Crippen LogP contribution is 2.27. The first kappa shape index (κ1) is 12.8. The normalized spacial score (nSPS) is 20.8. The number of piperidine rings is 1. The Labute approximate surface area is 105 Å². The van der Waals surface area contributed by atoms with Gasteiger partial charge < -0.3 is 10.7 Å². The molecule has 0 aliphatic carbocycles. The van der Waals surface area contributed by atoms with Crippen molar-refractivity contribution in [1.29, 1.82) is 0 Å². The first-order chi connectivity index (χ1) is 8.56. The molecule has 1 aromatic rings. The molecule has 0 spiro atoms. The van der Waals surface area contributed by atoms with Gasteiger partial charge in [0.15, 0.2) is 0 Å². The maximum Gasteiger partial charge on any atom is 0.251 e. The van der Waals surface area contributed by atoms with Crippen LogP contribution in [0.2, 0.25) is 0 Å². The second-order valence-electron chi connectivity index (χ2n) is 4.72. The van der Waals surface area contributed by atoms with Crippen LogP contribution in [0.5, 0.6) is 0 Å². The lowest BCUT2D eigenvalue weighted by atomic mass is 10.0. The number of nitrogens with one attached hydrogen (secondary N) is 1. The summed E-state index contributed by atoms with van der Waals surface area (Å²) in [6.45, 7) is 2.81. The summed E-state index contributed by atoms with van der Waals surface area (Å²) in [6.07, 6.45) is 3.00. The van der Waals surface area contributed by atoms with Crippen LogP contribution in [0.3, 0.4) is 0 Å². The highest BCUT2D eigenvalue weighted by Gasteiger charge is 2.26. The fraction of sp³-hybridized carbons (Fsp3) is 0.583. The minimum Gasteiger partial charge on any atom is -0.369 e. The summed E-state index contributed by atoms with van der Waals surface area (Å²) in [5.74, 6) is 0.290. The number of H-pyrrole nitrogens is 1. The lowest BCUT2D eigenvalue weighted by molar-refractivity contribution is -0.120. The van der Waals surface area contributed by atoms with Crippen LogP contribution < -0.4 is 11.3 Å². The van der Waals surface area contributed by atoms with Crippen LogP contribution in [0.1, 0.15) is 36.8 Å². The molecule has 1 unspecified atom stereocenters. The van der Waals surface area contributed by atoms with Gasteiger partial charge in [-0.15, -0.1) is 0 Å². The zero-order valence-corrected chi connectivity index (χ0v) is 10.5. The number of aryl methyl sites for hydroxylation is 1. The second-order valence-corrected chi connectivity index (χ2v) is 4.72. The minimum atomic E-state index is -0.350. The predicted octanol–water partition coefficient (Wildman–Crippen LogP) is 0.0906. The molecule has 6 heteroatoms. The second kappa shape index (κ2) is 5.30. The van der Waals surface area contributed by atoms with Gasteiger partial charge in [0.05, 0.1) is 12.6 Å². The van der Waals surface area contributed by atoms with E-state index in [0.29, 0.717) is 11.5 Å². The summed E-state index contributed by atoms with van der Waals surface area (Å²) in [5.41, 5.74) is 5.79. The highest BCUT2D eigenvalue weighted by atomic mass is 16.1. The van der Waals surface area contributed by atoms with Crippen LogP contribution in [0.15, 0.2) is 10.9 Å². The summed E-state index contributed by atoms with van der Waals surface area (Å²) >= 11 is 0. The Balaban J connectivity index is 2.27. The summed E-state index contributed by atoms with van der Waals surface area (Å²) in [6, 6.07) is 1.45. The average Bonchev–Trinajstić information content (AvgIpc) is 2.27. The van der Waals surface area contributed by atoms with Crippen LogP contribution in [0.4, 0.5) is 0 Å². The maximum absolute atomic E-state index is 11.5. The fourth-order valence-corrected chi connectivity index (χ4v) is 2.45. The molecular formula is C12H18N4O2. The molecule has 1 atom stereocenters.